The van der Waals surface area contributed by atoms with Crippen molar-refractivity contribution in [3.05, 3.63) is 182 Å². The molecule has 0 aliphatic rings. The fourth-order valence-electron chi connectivity index (χ4n) is 8.18. The number of aromatic nitrogens is 2. The number of rotatable bonds is 4. The highest BCUT2D eigenvalue weighted by Crippen LogP contribution is 2.40. The van der Waals surface area contributed by atoms with Gasteiger partial charge in [-0.1, -0.05) is 121 Å². The first-order valence-electron chi connectivity index (χ1n) is 17.4. The van der Waals surface area contributed by atoms with Crippen molar-refractivity contribution in [1.29, 1.82) is 0 Å². The lowest BCUT2D eigenvalue weighted by atomic mass is 9.98. The first kappa shape index (κ1) is 28.0. The Labute approximate surface area is 293 Å². The maximum atomic E-state index is 6.49. The molecule has 3 heterocycles. The van der Waals surface area contributed by atoms with E-state index < -0.39 is 0 Å². The van der Waals surface area contributed by atoms with Crippen LogP contribution in [0.2, 0.25) is 0 Å². The molecule has 0 amide bonds. The van der Waals surface area contributed by atoms with E-state index >= 15 is 0 Å². The summed E-state index contributed by atoms with van der Waals surface area (Å²) in [6.45, 7) is 0. The first-order chi connectivity index (χ1) is 25.3. The number of nitrogens with zero attached hydrogens (tertiary/aromatic N) is 2. The van der Waals surface area contributed by atoms with Crippen molar-refractivity contribution in [1.82, 2.24) is 9.13 Å². The SMILES string of the molecule is c1ccc(-n2c3ccccc3c3cc(-c4ccc(-c5ccc6c(c5)c5ccccc5n6-c5cccc6c5oc5ccccc56)cc4)ccc32)cc1. The Kier molecular flexibility index (Phi) is 5.96. The van der Waals surface area contributed by atoms with Crippen molar-refractivity contribution in [2.24, 2.45) is 0 Å². The van der Waals surface area contributed by atoms with Gasteiger partial charge in [0.05, 0.1) is 27.8 Å². The maximum Gasteiger partial charge on any atom is 0.159 e. The van der Waals surface area contributed by atoms with Gasteiger partial charge in [0.2, 0.25) is 0 Å². The fourth-order valence-corrected chi connectivity index (χ4v) is 8.18. The third kappa shape index (κ3) is 4.19. The van der Waals surface area contributed by atoms with Gasteiger partial charge in [0, 0.05) is 38.0 Å². The Morgan fingerprint density at radius 2 is 0.804 bits per heavy atom. The highest BCUT2D eigenvalue weighted by atomic mass is 16.3. The van der Waals surface area contributed by atoms with Crippen molar-refractivity contribution in [3.8, 4) is 33.6 Å². The van der Waals surface area contributed by atoms with Crippen LogP contribution in [0, 0.1) is 0 Å². The summed E-state index contributed by atoms with van der Waals surface area (Å²) in [5.41, 5.74) is 13.6. The summed E-state index contributed by atoms with van der Waals surface area (Å²) >= 11 is 0. The maximum absolute atomic E-state index is 6.49. The lowest BCUT2D eigenvalue weighted by Crippen LogP contribution is -1.94. The Hall–Kier alpha value is -6.84. The average Bonchev–Trinajstić information content (AvgIpc) is 3.86. The Balaban J connectivity index is 1.01. The number of hydrogen-bond donors (Lipinski definition) is 0. The van der Waals surface area contributed by atoms with E-state index in [4.69, 9.17) is 4.42 Å². The summed E-state index contributed by atoms with van der Waals surface area (Å²) in [4.78, 5) is 0. The first-order valence-corrected chi connectivity index (χ1v) is 17.4. The molecular formula is C48H30N2O. The quantitative estimate of drug-likeness (QED) is 0.186. The Morgan fingerprint density at radius 3 is 1.47 bits per heavy atom. The summed E-state index contributed by atoms with van der Waals surface area (Å²) in [6.07, 6.45) is 0. The zero-order valence-electron chi connectivity index (χ0n) is 27.6. The van der Waals surface area contributed by atoms with Crippen LogP contribution in [0.4, 0.5) is 0 Å². The number of fused-ring (bicyclic) bond motifs is 9. The van der Waals surface area contributed by atoms with E-state index in [1.165, 1.54) is 60.5 Å². The smallest absolute Gasteiger partial charge is 0.159 e. The van der Waals surface area contributed by atoms with Crippen LogP contribution in [-0.4, -0.2) is 9.13 Å². The van der Waals surface area contributed by atoms with Crippen molar-refractivity contribution in [2.75, 3.05) is 0 Å². The highest BCUT2D eigenvalue weighted by molar-refractivity contribution is 6.14. The molecule has 8 aromatic carbocycles. The number of furan rings is 1. The van der Waals surface area contributed by atoms with E-state index in [1.807, 2.05) is 12.1 Å². The van der Waals surface area contributed by atoms with Crippen molar-refractivity contribution < 1.29 is 4.42 Å². The van der Waals surface area contributed by atoms with Gasteiger partial charge in [-0.2, -0.15) is 0 Å². The van der Waals surface area contributed by atoms with Gasteiger partial charge in [0.15, 0.2) is 5.58 Å². The topological polar surface area (TPSA) is 23.0 Å². The lowest BCUT2D eigenvalue weighted by molar-refractivity contribution is 0.666. The van der Waals surface area contributed by atoms with E-state index in [2.05, 4.69) is 179 Å². The average molecular weight is 651 g/mol. The van der Waals surface area contributed by atoms with Crippen molar-refractivity contribution >= 4 is 65.6 Å². The van der Waals surface area contributed by atoms with E-state index in [0.717, 1.165) is 38.7 Å². The second-order valence-electron chi connectivity index (χ2n) is 13.3. The van der Waals surface area contributed by atoms with E-state index in [-0.39, 0.29) is 0 Å². The molecular weight excluding hydrogens is 621 g/mol. The van der Waals surface area contributed by atoms with Crippen LogP contribution in [0.5, 0.6) is 0 Å². The molecule has 3 aromatic heterocycles. The normalized spacial score (nSPS) is 11.9. The molecule has 3 heteroatoms. The molecule has 0 aliphatic heterocycles. The van der Waals surface area contributed by atoms with Crippen LogP contribution in [0.3, 0.4) is 0 Å². The molecule has 0 saturated heterocycles. The Morgan fingerprint density at radius 1 is 0.314 bits per heavy atom. The van der Waals surface area contributed by atoms with Crippen LogP contribution in [0.25, 0.3) is 99.2 Å². The van der Waals surface area contributed by atoms with Gasteiger partial charge in [0.25, 0.3) is 0 Å². The van der Waals surface area contributed by atoms with Gasteiger partial charge >= 0.3 is 0 Å². The van der Waals surface area contributed by atoms with Crippen molar-refractivity contribution in [3.63, 3.8) is 0 Å². The molecule has 11 aromatic rings. The minimum atomic E-state index is 0.906. The van der Waals surface area contributed by atoms with Gasteiger partial charge in [-0.25, -0.2) is 0 Å². The summed E-state index contributed by atoms with van der Waals surface area (Å²) in [6, 6.07) is 65.5. The van der Waals surface area contributed by atoms with Crippen LogP contribution in [0.1, 0.15) is 0 Å². The molecule has 0 atom stereocenters. The van der Waals surface area contributed by atoms with Crippen LogP contribution < -0.4 is 0 Å². The van der Waals surface area contributed by atoms with Crippen LogP contribution >= 0.6 is 0 Å². The van der Waals surface area contributed by atoms with Crippen molar-refractivity contribution in [2.45, 2.75) is 0 Å². The summed E-state index contributed by atoms with van der Waals surface area (Å²) in [5, 5.41) is 7.24. The van der Waals surface area contributed by atoms with Gasteiger partial charge < -0.3 is 13.6 Å². The predicted octanol–water partition coefficient (Wildman–Crippen LogP) is 13.1. The monoisotopic (exact) mass is 650 g/mol. The molecule has 0 aliphatic carbocycles. The second-order valence-corrected chi connectivity index (χ2v) is 13.3. The van der Waals surface area contributed by atoms with Gasteiger partial charge in [0.1, 0.15) is 5.58 Å². The molecule has 0 bridgehead atoms. The largest absolute Gasteiger partial charge is 0.454 e. The standard InChI is InChI=1S/C48H30N2O/c1-2-11-35(12-3-1)49-42-17-7-4-13-36(42)40-29-33(25-27-44(40)49)31-21-23-32(24-22-31)34-26-28-45-41(30-34)37-14-5-8-18-43(37)50(45)46-19-10-16-39-38-15-6-9-20-47(38)51-48(39)46/h1-30H. The highest BCUT2D eigenvalue weighted by Gasteiger charge is 2.18. The summed E-state index contributed by atoms with van der Waals surface area (Å²) in [7, 11) is 0. The molecule has 3 nitrogen and oxygen atoms in total. The Bertz CT molecular complexity index is 3120. The van der Waals surface area contributed by atoms with Gasteiger partial charge in [-0.3, -0.25) is 0 Å². The summed E-state index contributed by atoms with van der Waals surface area (Å²) < 4.78 is 11.2. The third-order valence-electron chi connectivity index (χ3n) is 10.5. The van der Waals surface area contributed by atoms with E-state index in [0.29, 0.717) is 0 Å². The van der Waals surface area contributed by atoms with Gasteiger partial charge in [-0.05, 0) is 82.9 Å². The minimum Gasteiger partial charge on any atom is -0.454 e. The number of para-hydroxylation sites is 5. The number of hydrogen-bond acceptors (Lipinski definition) is 1. The number of benzene rings is 8. The van der Waals surface area contributed by atoms with Crippen LogP contribution in [0.15, 0.2) is 186 Å². The van der Waals surface area contributed by atoms with E-state index in [1.54, 1.807) is 0 Å². The molecule has 0 spiro atoms. The molecule has 0 fully saturated rings. The second kappa shape index (κ2) is 10.8. The molecule has 0 N–H and O–H groups in total. The minimum absolute atomic E-state index is 0.906. The molecule has 51 heavy (non-hydrogen) atoms. The fraction of sp³-hybridized carbons (Fsp3) is 0. The summed E-state index contributed by atoms with van der Waals surface area (Å²) in [5.74, 6) is 0. The van der Waals surface area contributed by atoms with Gasteiger partial charge in [-0.15, -0.1) is 0 Å². The zero-order chi connectivity index (χ0) is 33.5. The van der Waals surface area contributed by atoms with E-state index in [9.17, 15) is 0 Å². The third-order valence-corrected chi connectivity index (χ3v) is 10.5. The zero-order valence-corrected chi connectivity index (χ0v) is 27.6. The predicted molar refractivity (Wildman–Crippen MR) is 213 cm³/mol. The lowest BCUT2D eigenvalue weighted by Gasteiger charge is -2.10. The molecule has 0 unspecified atom stereocenters. The molecule has 238 valence electrons. The van der Waals surface area contributed by atoms with Crippen LogP contribution in [-0.2, 0) is 0 Å². The molecule has 11 rings (SSSR count). The molecule has 0 radical (unpaired) electrons. The molecule has 0 saturated carbocycles.